The van der Waals surface area contributed by atoms with Crippen LogP contribution in [0.15, 0.2) is 53.2 Å². The van der Waals surface area contributed by atoms with Crippen LogP contribution in [0, 0.1) is 0 Å². The second kappa shape index (κ2) is 9.23. The smallest absolute Gasteiger partial charge is 0.286 e. The lowest BCUT2D eigenvalue weighted by molar-refractivity contribution is 0.0920. The number of carbonyl (C=O) groups excluding carboxylic acids is 2. The molecule has 3 aromatic rings. The zero-order valence-corrected chi connectivity index (χ0v) is 16.1. The maximum atomic E-state index is 12.1. The third kappa shape index (κ3) is 5.47. The molecule has 0 saturated heterocycles. The van der Waals surface area contributed by atoms with Crippen LogP contribution in [0.1, 0.15) is 40.0 Å². The molecule has 0 bridgehead atoms. The first kappa shape index (κ1) is 19.7. The number of furan rings is 1. The van der Waals surface area contributed by atoms with Crippen LogP contribution in [0.4, 0.5) is 0 Å². The van der Waals surface area contributed by atoms with Gasteiger partial charge in [0.15, 0.2) is 11.5 Å². The van der Waals surface area contributed by atoms with E-state index in [9.17, 15) is 9.59 Å². The molecule has 146 valence electrons. The molecule has 28 heavy (non-hydrogen) atoms. The van der Waals surface area contributed by atoms with Crippen molar-refractivity contribution in [3.63, 3.8) is 0 Å². The van der Waals surface area contributed by atoms with Crippen molar-refractivity contribution in [2.75, 3.05) is 6.54 Å². The molecule has 2 aromatic heterocycles. The van der Waals surface area contributed by atoms with Crippen molar-refractivity contribution in [1.82, 2.24) is 15.1 Å². The summed E-state index contributed by atoms with van der Waals surface area (Å²) >= 11 is 5.80. The van der Waals surface area contributed by atoms with Crippen molar-refractivity contribution in [2.24, 2.45) is 0 Å². The first-order valence-corrected chi connectivity index (χ1v) is 9.18. The van der Waals surface area contributed by atoms with E-state index in [0.717, 1.165) is 6.42 Å². The van der Waals surface area contributed by atoms with Crippen molar-refractivity contribution in [3.8, 4) is 5.75 Å². The molecule has 0 saturated carbocycles. The molecular weight excluding hydrogens is 382 g/mol. The Balaban J connectivity index is 1.42. The number of Topliss-reactive ketones (excluding diaryl/α,β-unsaturated/α-hetero) is 1. The molecule has 2 heterocycles. The molecule has 7 nitrogen and oxygen atoms in total. The van der Waals surface area contributed by atoms with Gasteiger partial charge < -0.3 is 14.5 Å². The fourth-order valence-electron chi connectivity index (χ4n) is 2.51. The highest BCUT2D eigenvalue weighted by Crippen LogP contribution is 2.16. The van der Waals surface area contributed by atoms with Gasteiger partial charge in [-0.2, -0.15) is 5.10 Å². The van der Waals surface area contributed by atoms with Crippen LogP contribution in [-0.4, -0.2) is 28.0 Å². The van der Waals surface area contributed by atoms with Gasteiger partial charge in [-0.05, 0) is 49.7 Å². The Bertz CT molecular complexity index is 947. The Morgan fingerprint density at radius 1 is 1.21 bits per heavy atom. The molecule has 0 fully saturated rings. The Hall–Kier alpha value is -3.06. The molecule has 1 amide bonds. The lowest BCUT2D eigenvalue weighted by Crippen LogP contribution is -2.24. The number of hydrogen-bond donors (Lipinski definition) is 1. The van der Waals surface area contributed by atoms with Gasteiger partial charge in [-0.25, -0.2) is 0 Å². The number of nitrogens with one attached hydrogen (secondary N) is 1. The van der Waals surface area contributed by atoms with E-state index >= 15 is 0 Å². The van der Waals surface area contributed by atoms with Gasteiger partial charge in [-0.15, -0.1) is 0 Å². The Kier molecular flexibility index (Phi) is 6.49. The highest BCUT2D eigenvalue weighted by Gasteiger charge is 2.11. The van der Waals surface area contributed by atoms with Crippen molar-refractivity contribution in [1.29, 1.82) is 0 Å². The number of carbonyl (C=O) groups is 2. The lowest BCUT2D eigenvalue weighted by atomic mass is 10.1. The Morgan fingerprint density at radius 2 is 2.00 bits per heavy atom. The predicted molar refractivity (Wildman–Crippen MR) is 104 cm³/mol. The maximum Gasteiger partial charge on any atom is 0.286 e. The number of ketones is 1. The second-order valence-electron chi connectivity index (χ2n) is 6.17. The van der Waals surface area contributed by atoms with Gasteiger partial charge in [0, 0.05) is 24.8 Å². The molecule has 0 atom stereocenters. The molecular formula is C20H20ClN3O4. The van der Waals surface area contributed by atoms with Gasteiger partial charge in [0.2, 0.25) is 0 Å². The van der Waals surface area contributed by atoms with Crippen LogP contribution >= 0.6 is 11.6 Å². The van der Waals surface area contributed by atoms with Gasteiger partial charge in [0.25, 0.3) is 5.91 Å². The normalized spacial score (nSPS) is 10.6. The van der Waals surface area contributed by atoms with Crippen LogP contribution < -0.4 is 10.1 Å². The summed E-state index contributed by atoms with van der Waals surface area (Å²) in [5, 5.41) is 7.46. The van der Waals surface area contributed by atoms with Crippen LogP contribution in [-0.2, 0) is 13.2 Å². The molecule has 8 heteroatoms. The standard InChI is InChI=1S/C20H20ClN3O4/c1-14(25)15-3-5-17(6-4-15)27-13-18-7-8-19(28-18)20(26)22-9-2-10-24-12-16(21)11-23-24/h3-8,11-12H,2,9-10,13H2,1H3,(H,22,26). The van der Waals surface area contributed by atoms with Crippen molar-refractivity contribution >= 4 is 23.3 Å². The number of rotatable bonds is 9. The first-order chi connectivity index (χ1) is 13.5. The average Bonchev–Trinajstić information content (AvgIpc) is 3.33. The van der Waals surface area contributed by atoms with E-state index in [0.29, 0.717) is 35.2 Å². The molecule has 0 unspecified atom stereocenters. The van der Waals surface area contributed by atoms with Crippen molar-refractivity contribution < 1.29 is 18.7 Å². The van der Waals surface area contributed by atoms with Gasteiger partial charge in [-0.3, -0.25) is 14.3 Å². The van der Waals surface area contributed by atoms with E-state index in [1.165, 1.54) is 6.92 Å². The predicted octanol–water partition coefficient (Wildman–Crippen LogP) is 3.73. The summed E-state index contributed by atoms with van der Waals surface area (Å²) in [4.78, 5) is 23.4. The van der Waals surface area contributed by atoms with E-state index in [4.69, 9.17) is 20.8 Å². The van der Waals surface area contributed by atoms with Gasteiger partial charge >= 0.3 is 0 Å². The van der Waals surface area contributed by atoms with Crippen LogP contribution in [0.5, 0.6) is 5.75 Å². The summed E-state index contributed by atoms with van der Waals surface area (Å²) < 4.78 is 12.9. The minimum atomic E-state index is -0.282. The van der Waals surface area contributed by atoms with Crippen LogP contribution in [0.25, 0.3) is 0 Å². The molecule has 0 spiro atoms. The lowest BCUT2D eigenvalue weighted by Gasteiger charge is -2.05. The molecule has 0 aliphatic carbocycles. The van der Waals surface area contributed by atoms with Crippen molar-refractivity contribution in [3.05, 3.63) is 70.9 Å². The minimum absolute atomic E-state index is 0.00154. The van der Waals surface area contributed by atoms with Gasteiger partial charge in [0.05, 0.1) is 11.2 Å². The highest BCUT2D eigenvalue weighted by atomic mass is 35.5. The summed E-state index contributed by atoms with van der Waals surface area (Å²) in [5.41, 5.74) is 0.625. The number of halogens is 1. The molecule has 3 rings (SSSR count). The number of nitrogens with zero attached hydrogens (tertiary/aromatic N) is 2. The fraction of sp³-hybridized carbons (Fsp3) is 0.250. The van der Waals surface area contributed by atoms with Crippen LogP contribution in [0.3, 0.4) is 0 Å². The molecule has 1 aromatic carbocycles. The van der Waals surface area contributed by atoms with Crippen molar-refractivity contribution in [2.45, 2.75) is 26.5 Å². The summed E-state index contributed by atoms with van der Waals surface area (Å²) in [6, 6.07) is 10.2. The molecule has 1 N–H and O–H groups in total. The van der Waals surface area contributed by atoms with Gasteiger partial charge in [0.1, 0.15) is 18.1 Å². The maximum absolute atomic E-state index is 12.1. The number of ether oxygens (including phenoxy) is 1. The fourth-order valence-corrected chi connectivity index (χ4v) is 2.66. The quantitative estimate of drug-likeness (QED) is 0.436. The van der Waals surface area contributed by atoms with E-state index in [1.807, 2.05) is 0 Å². The van der Waals surface area contributed by atoms with E-state index in [-0.39, 0.29) is 24.1 Å². The number of amides is 1. The Morgan fingerprint density at radius 3 is 2.68 bits per heavy atom. The minimum Gasteiger partial charge on any atom is -0.486 e. The molecule has 0 radical (unpaired) electrons. The Labute approximate surface area is 167 Å². The molecule has 0 aliphatic heterocycles. The monoisotopic (exact) mass is 401 g/mol. The largest absolute Gasteiger partial charge is 0.486 e. The van der Waals surface area contributed by atoms with Crippen LogP contribution in [0.2, 0.25) is 5.02 Å². The number of benzene rings is 1. The SMILES string of the molecule is CC(=O)c1ccc(OCc2ccc(C(=O)NCCCn3cc(Cl)cn3)o2)cc1. The topological polar surface area (TPSA) is 86.4 Å². The number of aromatic nitrogens is 2. The van der Waals surface area contributed by atoms with E-state index in [1.54, 1.807) is 53.5 Å². The third-order valence-electron chi connectivity index (χ3n) is 3.98. The second-order valence-corrected chi connectivity index (χ2v) is 6.60. The number of aryl methyl sites for hydroxylation is 1. The first-order valence-electron chi connectivity index (χ1n) is 8.80. The summed E-state index contributed by atoms with van der Waals surface area (Å²) in [5.74, 6) is 1.10. The molecule has 0 aliphatic rings. The zero-order valence-electron chi connectivity index (χ0n) is 15.4. The van der Waals surface area contributed by atoms with E-state index in [2.05, 4.69) is 10.4 Å². The highest BCUT2D eigenvalue weighted by molar-refractivity contribution is 6.30. The van der Waals surface area contributed by atoms with Gasteiger partial charge in [-0.1, -0.05) is 11.6 Å². The summed E-state index contributed by atoms with van der Waals surface area (Å²) in [7, 11) is 0. The zero-order chi connectivity index (χ0) is 19.9. The van der Waals surface area contributed by atoms with E-state index < -0.39 is 0 Å². The number of hydrogen-bond acceptors (Lipinski definition) is 5. The summed E-state index contributed by atoms with van der Waals surface area (Å²) in [6.45, 7) is 2.85. The average molecular weight is 402 g/mol. The third-order valence-corrected chi connectivity index (χ3v) is 4.17. The summed E-state index contributed by atoms with van der Waals surface area (Å²) in [6.07, 6.45) is 4.02.